The molecule has 0 spiro atoms. The first-order valence-corrected chi connectivity index (χ1v) is 5.05. The molecule has 0 aliphatic heterocycles. The van der Waals surface area contributed by atoms with Gasteiger partial charge in [0.2, 0.25) is 5.95 Å². The summed E-state index contributed by atoms with van der Waals surface area (Å²) in [7, 11) is 1.75. The van der Waals surface area contributed by atoms with Gasteiger partial charge in [-0.1, -0.05) is 0 Å². The van der Waals surface area contributed by atoms with Crippen LogP contribution in [0.1, 0.15) is 6.92 Å². The van der Waals surface area contributed by atoms with Crippen molar-refractivity contribution in [3.05, 3.63) is 10.7 Å². The van der Waals surface area contributed by atoms with Crippen LogP contribution in [0.15, 0.2) is 10.7 Å². The third kappa shape index (κ3) is 3.12. The van der Waals surface area contributed by atoms with Crippen LogP contribution in [-0.2, 0) is 0 Å². The second-order valence-electron chi connectivity index (χ2n) is 2.87. The van der Waals surface area contributed by atoms with Gasteiger partial charge in [0.05, 0.1) is 10.6 Å². The molecule has 0 saturated carbocycles. The Morgan fingerprint density at radius 1 is 1.64 bits per heavy atom. The van der Waals surface area contributed by atoms with Crippen LogP contribution < -0.4 is 10.6 Å². The fraction of sp³-hybridized carbons (Fsp3) is 0.500. The van der Waals surface area contributed by atoms with Gasteiger partial charge in [0, 0.05) is 19.8 Å². The van der Waals surface area contributed by atoms with Crippen molar-refractivity contribution in [1.82, 2.24) is 9.97 Å². The minimum absolute atomic E-state index is 0.407. The second-order valence-corrected chi connectivity index (χ2v) is 3.72. The second kappa shape index (κ2) is 5.11. The molecule has 0 amide bonds. The SMILES string of the molecule is CNc1ncc(Br)c(NCC(C)O)n1. The lowest BCUT2D eigenvalue weighted by Gasteiger charge is -2.09. The van der Waals surface area contributed by atoms with E-state index < -0.39 is 6.10 Å². The van der Waals surface area contributed by atoms with E-state index in [9.17, 15) is 0 Å². The largest absolute Gasteiger partial charge is 0.392 e. The van der Waals surface area contributed by atoms with Crippen molar-refractivity contribution in [3.8, 4) is 0 Å². The molecule has 3 N–H and O–H groups in total. The summed E-state index contributed by atoms with van der Waals surface area (Å²) in [5.41, 5.74) is 0. The number of aliphatic hydroxyl groups excluding tert-OH is 1. The molecule has 0 saturated heterocycles. The van der Waals surface area contributed by atoms with Crippen LogP contribution in [-0.4, -0.2) is 34.8 Å². The molecule has 1 unspecified atom stereocenters. The summed E-state index contributed by atoms with van der Waals surface area (Å²) in [6, 6.07) is 0. The Balaban J connectivity index is 2.73. The maximum absolute atomic E-state index is 9.09. The monoisotopic (exact) mass is 260 g/mol. The average Bonchev–Trinajstić information content (AvgIpc) is 2.16. The van der Waals surface area contributed by atoms with Crippen molar-refractivity contribution in [2.75, 3.05) is 24.2 Å². The van der Waals surface area contributed by atoms with E-state index in [0.717, 1.165) is 4.47 Å². The van der Waals surface area contributed by atoms with Crippen molar-refractivity contribution >= 4 is 27.7 Å². The Morgan fingerprint density at radius 3 is 2.93 bits per heavy atom. The highest BCUT2D eigenvalue weighted by molar-refractivity contribution is 9.10. The highest BCUT2D eigenvalue weighted by Crippen LogP contribution is 2.19. The lowest BCUT2D eigenvalue weighted by Crippen LogP contribution is -2.16. The van der Waals surface area contributed by atoms with Gasteiger partial charge in [-0.25, -0.2) is 4.98 Å². The number of rotatable bonds is 4. The van der Waals surface area contributed by atoms with Gasteiger partial charge in [0.1, 0.15) is 5.82 Å². The summed E-state index contributed by atoms with van der Waals surface area (Å²) in [5, 5.41) is 14.9. The Bertz CT molecular complexity index is 305. The number of aliphatic hydroxyl groups is 1. The molecule has 1 aromatic rings. The molecule has 0 fully saturated rings. The standard InChI is InChI=1S/C8H13BrN4O/c1-5(14)3-11-7-6(9)4-12-8(10-2)13-7/h4-5,14H,3H2,1-2H3,(H2,10,11,12,13). The Labute approximate surface area is 91.1 Å². The number of nitrogens with one attached hydrogen (secondary N) is 2. The molecule has 0 aliphatic rings. The fourth-order valence-corrected chi connectivity index (χ4v) is 1.19. The van der Waals surface area contributed by atoms with E-state index in [-0.39, 0.29) is 0 Å². The molecule has 0 aliphatic carbocycles. The normalized spacial score (nSPS) is 12.3. The fourth-order valence-electron chi connectivity index (χ4n) is 0.856. The van der Waals surface area contributed by atoms with E-state index in [4.69, 9.17) is 5.11 Å². The zero-order valence-electron chi connectivity index (χ0n) is 8.08. The van der Waals surface area contributed by atoms with Crippen molar-refractivity contribution in [2.24, 2.45) is 0 Å². The summed E-state index contributed by atoms with van der Waals surface area (Å²) in [6.45, 7) is 2.17. The molecular weight excluding hydrogens is 248 g/mol. The maximum atomic E-state index is 9.09. The summed E-state index contributed by atoms with van der Waals surface area (Å²) in [4.78, 5) is 8.18. The van der Waals surface area contributed by atoms with Crippen LogP contribution in [0.25, 0.3) is 0 Å². The number of hydrogen-bond acceptors (Lipinski definition) is 5. The van der Waals surface area contributed by atoms with Crippen molar-refractivity contribution in [3.63, 3.8) is 0 Å². The quantitative estimate of drug-likeness (QED) is 0.756. The highest BCUT2D eigenvalue weighted by Gasteiger charge is 2.04. The number of nitrogens with zero attached hydrogens (tertiary/aromatic N) is 2. The summed E-state index contributed by atoms with van der Waals surface area (Å²) < 4.78 is 0.775. The van der Waals surface area contributed by atoms with Gasteiger partial charge in [-0.05, 0) is 22.9 Å². The van der Waals surface area contributed by atoms with E-state index in [1.165, 1.54) is 0 Å². The van der Waals surface area contributed by atoms with Crippen LogP contribution in [0.2, 0.25) is 0 Å². The van der Waals surface area contributed by atoms with Gasteiger partial charge in [0.15, 0.2) is 0 Å². The van der Waals surface area contributed by atoms with Crippen LogP contribution in [0.3, 0.4) is 0 Å². The molecule has 1 rings (SSSR count). The molecule has 6 heteroatoms. The molecule has 0 aromatic carbocycles. The van der Waals surface area contributed by atoms with Crippen molar-refractivity contribution in [2.45, 2.75) is 13.0 Å². The minimum atomic E-state index is -0.407. The molecule has 78 valence electrons. The molecule has 0 radical (unpaired) electrons. The highest BCUT2D eigenvalue weighted by atomic mass is 79.9. The lowest BCUT2D eigenvalue weighted by molar-refractivity contribution is 0.208. The third-order valence-electron chi connectivity index (χ3n) is 1.53. The predicted octanol–water partition coefficient (Wildman–Crippen LogP) is 1.07. The minimum Gasteiger partial charge on any atom is -0.392 e. The molecule has 1 heterocycles. The molecular formula is C8H13BrN4O. The van der Waals surface area contributed by atoms with Crippen LogP contribution in [0.5, 0.6) is 0 Å². The Morgan fingerprint density at radius 2 is 2.36 bits per heavy atom. The van der Waals surface area contributed by atoms with E-state index >= 15 is 0 Å². The van der Waals surface area contributed by atoms with Gasteiger partial charge in [-0.3, -0.25) is 0 Å². The first-order chi connectivity index (χ1) is 6.63. The van der Waals surface area contributed by atoms with E-state index in [2.05, 4.69) is 36.5 Å². The predicted molar refractivity (Wildman–Crippen MR) is 59.4 cm³/mol. The zero-order chi connectivity index (χ0) is 10.6. The smallest absolute Gasteiger partial charge is 0.224 e. The number of halogens is 1. The van der Waals surface area contributed by atoms with Gasteiger partial charge in [-0.2, -0.15) is 4.98 Å². The number of hydrogen-bond donors (Lipinski definition) is 3. The third-order valence-corrected chi connectivity index (χ3v) is 2.11. The molecule has 1 atom stereocenters. The van der Waals surface area contributed by atoms with Crippen molar-refractivity contribution < 1.29 is 5.11 Å². The van der Waals surface area contributed by atoms with Crippen LogP contribution in [0, 0.1) is 0 Å². The van der Waals surface area contributed by atoms with E-state index in [0.29, 0.717) is 18.3 Å². The van der Waals surface area contributed by atoms with Crippen LogP contribution >= 0.6 is 15.9 Å². The van der Waals surface area contributed by atoms with Gasteiger partial charge >= 0.3 is 0 Å². The molecule has 0 bridgehead atoms. The summed E-state index contributed by atoms with van der Waals surface area (Å²) in [5.74, 6) is 1.21. The van der Waals surface area contributed by atoms with Crippen molar-refractivity contribution in [1.29, 1.82) is 0 Å². The average molecular weight is 261 g/mol. The first-order valence-electron chi connectivity index (χ1n) is 4.25. The zero-order valence-corrected chi connectivity index (χ0v) is 9.67. The van der Waals surface area contributed by atoms with E-state index in [1.807, 2.05) is 0 Å². The lowest BCUT2D eigenvalue weighted by atomic mass is 10.4. The first kappa shape index (κ1) is 11.2. The van der Waals surface area contributed by atoms with Crippen LogP contribution in [0.4, 0.5) is 11.8 Å². The van der Waals surface area contributed by atoms with E-state index in [1.54, 1.807) is 20.2 Å². The van der Waals surface area contributed by atoms with Gasteiger partial charge in [0.25, 0.3) is 0 Å². The van der Waals surface area contributed by atoms with Gasteiger partial charge in [-0.15, -0.1) is 0 Å². The summed E-state index contributed by atoms with van der Waals surface area (Å²) in [6.07, 6.45) is 1.25. The molecule has 1 aromatic heterocycles. The maximum Gasteiger partial charge on any atom is 0.224 e. The number of aromatic nitrogens is 2. The molecule has 14 heavy (non-hydrogen) atoms. The topological polar surface area (TPSA) is 70.1 Å². The van der Waals surface area contributed by atoms with Gasteiger partial charge < -0.3 is 15.7 Å². The molecule has 5 nitrogen and oxygen atoms in total. The Kier molecular flexibility index (Phi) is 4.09. The Hall–Kier alpha value is -0.880. The summed E-state index contributed by atoms with van der Waals surface area (Å²) >= 11 is 3.31. The number of anilines is 2.